The predicted octanol–water partition coefficient (Wildman–Crippen LogP) is 3.12. The third-order valence-corrected chi connectivity index (χ3v) is 3.74. The Hall–Kier alpha value is -3.55. The average Bonchev–Trinajstić information content (AvgIpc) is 3.20. The van der Waals surface area contributed by atoms with E-state index in [4.69, 9.17) is 23.5 Å². The van der Waals surface area contributed by atoms with Crippen LogP contribution in [-0.4, -0.2) is 37.4 Å². The molecule has 8 heteroatoms. The van der Waals surface area contributed by atoms with E-state index < -0.39 is 5.97 Å². The van der Waals surface area contributed by atoms with Crippen LogP contribution in [0.2, 0.25) is 0 Å². The summed E-state index contributed by atoms with van der Waals surface area (Å²) in [5, 5.41) is 3.89. The number of hydrogen-bond donors (Lipinski definition) is 0. The topological polar surface area (TPSA) is 92.9 Å². The lowest BCUT2D eigenvalue weighted by molar-refractivity contribution is 0.0429. The molecule has 1 heterocycles. The van der Waals surface area contributed by atoms with Gasteiger partial charge in [-0.15, -0.1) is 0 Å². The molecule has 8 nitrogen and oxygen atoms in total. The predicted molar refractivity (Wildman–Crippen MR) is 95.0 cm³/mol. The van der Waals surface area contributed by atoms with Crippen LogP contribution in [0.4, 0.5) is 0 Å². The summed E-state index contributed by atoms with van der Waals surface area (Å²) in [6, 6.07) is 12.0. The number of nitrogens with zero attached hydrogens (tertiary/aromatic N) is 2. The third kappa shape index (κ3) is 4.17. The standard InChI is InChI=1S/C19H18N2O6/c1-23-14-6-4-5-12(9-14)18-20-17(27-21-18)11-26-19(22)13-7-8-15(24-2)16(10-13)25-3/h4-10H,11H2,1-3H3. The van der Waals surface area contributed by atoms with Gasteiger partial charge in [0.05, 0.1) is 26.9 Å². The number of carbonyl (C=O) groups excluding carboxylic acids is 1. The van der Waals surface area contributed by atoms with Gasteiger partial charge in [-0.05, 0) is 30.3 Å². The molecular weight excluding hydrogens is 352 g/mol. The van der Waals surface area contributed by atoms with Crippen LogP contribution in [0.5, 0.6) is 17.2 Å². The Balaban J connectivity index is 1.67. The molecule has 0 radical (unpaired) electrons. The lowest BCUT2D eigenvalue weighted by Gasteiger charge is -2.08. The second-order valence-corrected chi connectivity index (χ2v) is 5.39. The van der Waals surface area contributed by atoms with E-state index in [-0.39, 0.29) is 12.5 Å². The highest BCUT2D eigenvalue weighted by molar-refractivity contribution is 5.90. The first-order chi connectivity index (χ1) is 13.1. The van der Waals surface area contributed by atoms with Crippen molar-refractivity contribution in [1.82, 2.24) is 10.1 Å². The van der Waals surface area contributed by atoms with Gasteiger partial charge < -0.3 is 23.5 Å². The van der Waals surface area contributed by atoms with Crippen LogP contribution in [0.3, 0.4) is 0 Å². The minimum absolute atomic E-state index is 0.149. The molecule has 0 aliphatic heterocycles. The van der Waals surface area contributed by atoms with Crippen molar-refractivity contribution in [3.63, 3.8) is 0 Å². The van der Waals surface area contributed by atoms with E-state index in [0.717, 1.165) is 5.56 Å². The van der Waals surface area contributed by atoms with Crippen molar-refractivity contribution in [2.45, 2.75) is 6.61 Å². The van der Waals surface area contributed by atoms with Crippen LogP contribution in [0.1, 0.15) is 16.2 Å². The van der Waals surface area contributed by atoms with Crippen molar-refractivity contribution in [3.8, 4) is 28.6 Å². The number of ether oxygens (including phenoxy) is 4. The highest BCUT2D eigenvalue weighted by Crippen LogP contribution is 2.28. The molecule has 0 amide bonds. The maximum absolute atomic E-state index is 12.2. The summed E-state index contributed by atoms with van der Waals surface area (Å²) in [6.07, 6.45) is 0. The molecule has 0 unspecified atom stereocenters. The molecule has 3 rings (SSSR count). The number of methoxy groups -OCH3 is 3. The van der Waals surface area contributed by atoms with Gasteiger partial charge in [0, 0.05) is 5.56 Å². The molecule has 0 saturated carbocycles. The number of esters is 1. The van der Waals surface area contributed by atoms with E-state index >= 15 is 0 Å². The van der Waals surface area contributed by atoms with Gasteiger partial charge in [0.2, 0.25) is 5.82 Å². The molecule has 0 aliphatic carbocycles. The van der Waals surface area contributed by atoms with E-state index in [1.165, 1.54) is 20.3 Å². The fraction of sp³-hybridized carbons (Fsp3) is 0.211. The molecule has 0 aliphatic rings. The first-order valence-corrected chi connectivity index (χ1v) is 8.00. The van der Waals surface area contributed by atoms with Crippen LogP contribution in [0.25, 0.3) is 11.4 Å². The first kappa shape index (κ1) is 18.2. The fourth-order valence-electron chi connectivity index (χ4n) is 2.37. The van der Waals surface area contributed by atoms with Gasteiger partial charge in [0.25, 0.3) is 5.89 Å². The van der Waals surface area contributed by atoms with E-state index in [9.17, 15) is 4.79 Å². The van der Waals surface area contributed by atoms with Gasteiger partial charge in [-0.3, -0.25) is 0 Å². The summed E-state index contributed by atoms with van der Waals surface area (Å²) < 4.78 is 25.9. The van der Waals surface area contributed by atoms with Crippen molar-refractivity contribution in [1.29, 1.82) is 0 Å². The maximum Gasteiger partial charge on any atom is 0.338 e. The molecule has 0 atom stereocenters. The number of rotatable bonds is 7. The van der Waals surface area contributed by atoms with Crippen molar-refractivity contribution in [3.05, 3.63) is 53.9 Å². The normalized spacial score (nSPS) is 10.3. The average molecular weight is 370 g/mol. The van der Waals surface area contributed by atoms with Crippen LogP contribution in [0.15, 0.2) is 47.0 Å². The van der Waals surface area contributed by atoms with E-state index in [1.54, 1.807) is 25.3 Å². The summed E-state index contributed by atoms with van der Waals surface area (Å²) in [5.41, 5.74) is 1.05. The molecule has 3 aromatic rings. The summed E-state index contributed by atoms with van der Waals surface area (Å²) in [7, 11) is 4.59. The smallest absolute Gasteiger partial charge is 0.338 e. The van der Waals surface area contributed by atoms with Gasteiger partial charge in [-0.1, -0.05) is 17.3 Å². The summed E-state index contributed by atoms with van der Waals surface area (Å²) in [4.78, 5) is 16.4. The highest BCUT2D eigenvalue weighted by Gasteiger charge is 2.15. The van der Waals surface area contributed by atoms with E-state index in [0.29, 0.717) is 28.6 Å². The Labute approximate surface area is 155 Å². The SMILES string of the molecule is COc1cccc(-c2noc(COC(=O)c3ccc(OC)c(OC)c3)n2)c1. The summed E-state index contributed by atoms with van der Waals surface area (Å²) >= 11 is 0. The Kier molecular flexibility index (Phi) is 5.55. The number of benzene rings is 2. The molecule has 0 saturated heterocycles. The Morgan fingerprint density at radius 1 is 1.00 bits per heavy atom. The minimum atomic E-state index is -0.544. The zero-order chi connectivity index (χ0) is 19.2. The minimum Gasteiger partial charge on any atom is -0.497 e. The summed E-state index contributed by atoms with van der Waals surface area (Å²) in [6.45, 7) is -0.149. The molecular formula is C19H18N2O6. The third-order valence-electron chi connectivity index (χ3n) is 3.74. The molecule has 0 spiro atoms. The quantitative estimate of drug-likeness (QED) is 0.586. The Morgan fingerprint density at radius 2 is 1.81 bits per heavy atom. The number of hydrogen-bond acceptors (Lipinski definition) is 8. The van der Waals surface area contributed by atoms with Crippen LogP contribution < -0.4 is 14.2 Å². The molecule has 27 heavy (non-hydrogen) atoms. The Bertz CT molecular complexity index is 937. The van der Waals surface area contributed by atoms with Gasteiger partial charge in [0.15, 0.2) is 18.1 Å². The second kappa shape index (κ2) is 8.22. The van der Waals surface area contributed by atoms with Crippen LogP contribution in [0, 0.1) is 0 Å². The Morgan fingerprint density at radius 3 is 2.56 bits per heavy atom. The molecule has 0 fully saturated rings. The lowest BCUT2D eigenvalue weighted by Crippen LogP contribution is -2.06. The second-order valence-electron chi connectivity index (χ2n) is 5.39. The van der Waals surface area contributed by atoms with Crippen molar-refractivity contribution < 1.29 is 28.3 Å². The summed E-state index contributed by atoms with van der Waals surface area (Å²) in [5.74, 6) is 1.66. The first-order valence-electron chi connectivity index (χ1n) is 8.00. The molecule has 2 aromatic carbocycles. The van der Waals surface area contributed by atoms with Gasteiger partial charge in [-0.2, -0.15) is 4.98 Å². The van der Waals surface area contributed by atoms with Crippen LogP contribution >= 0.6 is 0 Å². The zero-order valence-corrected chi connectivity index (χ0v) is 15.1. The lowest BCUT2D eigenvalue weighted by atomic mass is 10.2. The molecule has 140 valence electrons. The van der Waals surface area contributed by atoms with Crippen LogP contribution in [-0.2, 0) is 11.3 Å². The fourth-order valence-corrected chi connectivity index (χ4v) is 2.37. The molecule has 0 N–H and O–H groups in total. The largest absolute Gasteiger partial charge is 0.497 e. The molecule has 0 bridgehead atoms. The number of aromatic nitrogens is 2. The van der Waals surface area contributed by atoms with Gasteiger partial charge in [0.1, 0.15) is 5.75 Å². The number of carbonyl (C=O) groups is 1. The van der Waals surface area contributed by atoms with E-state index in [2.05, 4.69) is 10.1 Å². The van der Waals surface area contributed by atoms with E-state index in [1.807, 2.05) is 18.2 Å². The zero-order valence-electron chi connectivity index (χ0n) is 15.1. The van der Waals surface area contributed by atoms with Crippen molar-refractivity contribution in [2.75, 3.05) is 21.3 Å². The molecule has 1 aromatic heterocycles. The monoisotopic (exact) mass is 370 g/mol. The van der Waals surface area contributed by atoms with Gasteiger partial charge in [-0.25, -0.2) is 4.79 Å². The maximum atomic E-state index is 12.2. The van der Waals surface area contributed by atoms with Crippen molar-refractivity contribution in [2.24, 2.45) is 0 Å². The van der Waals surface area contributed by atoms with Crippen molar-refractivity contribution >= 4 is 5.97 Å². The van der Waals surface area contributed by atoms with Gasteiger partial charge >= 0.3 is 5.97 Å². The highest BCUT2D eigenvalue weighted by atomic mass is 16.6.